The lowest BCUT2D eigenvalue weighted by atomic mass is 10.0. The minimum absolute atomic E-state index is 0.661. The van der Waals surface area contributed by atoms with Crippen LogP contribution in [0.3, 0.4) is 0 Å². The fourth-order valence-electron chi connectivity index (χ4n) is 2.96. The van der Waals surface area contributed by atoms with Gasteiger partial charge in [-0.05, 0) is 30.5 Å². The van der Waals surface area contributed by atoms with Crippen molar-refractivity contribution in [1.29, 1.82) is 0 Å². The molecule has 2 aromatic carbocycles. The second-order valence-electron chi connectivity index (χ2n) is 6.83. The van der Waals surface area contributed by atoms with E-state index in [4.69, 9.17) is 9.47 Å². The molecule has 0 amide bonds. The van der Waals surface area contributed by atoms with Crippen LogP contribution in [-0.2, 0) is 0 Å². The van der Waals surface area contributed by atoms with E-state index in [0.717, 1.165) is 48.1 Å². The molecule has 0 atom stereocenters. The Morgan fingerprint density at radius 1 is 0.750 bits per heavy atom. The smallest absolute Gasteiger partial charge is 0.267 e. The molecule has 0 fully saturated rings. The lowest BCUT2D eigenvalue weighted by molar-refractivity contribution is 0.264. The van der Waals surface area contributed by atoms with Crippen molar-refractivity contribution in [3.8, 4) is 22.6 Å². The number of hydrogen-bond acceptors (Lipinski definition) is 2. The molecule has 0 aromatic heterocycles. The van der Waals surface area contributed by atoms with E-state index in [9.17, 15) is 0 Å². The van der Waals surface area contributed by atoms with Crippen molar-refractivity contribution in [2.24, 2.45) is 0 Å². The lowest BCUT2D eigenvalue weighted by Gasteiger charge is -2.17. The first kappa shape index (κ1) is 24.0. The molecule has 6 heteroatoms. The highest BCUT2D eigenvalue weighted by atomic mass is 80.0. The van der Waals surface area contributed by atoms with E-state index in [1.165, 1.54) is 25.7 Å². The maximum Gasteiger partial charge on any atom is 0.267 e. The summed E-state index contributed by atoms with van der Waals surface area (Å²) in [4.78, 5) is 0. The summed E-state index contributed by atoms with van der Waals surface area (Å²) < 4.78 is 10.8. The normalized spacial score (nSPS) is 11.4. The maximum atomic E-state index is 6.25. The summed E-state index contributed by atoms with van der Waals surface area (Å²) in [6.45, 7) is 3.63. The minimum atomic E-state index is -1.60. The van der Waals surface area contributed by atoms with Crippen LogP contribution in [0.4, 0.5) is 0 Å². The number of para-hydroxylation sites is 1. The third kappa shape index (κ3) is 9.01. The Bertz CT molecular complexity index is 690. The molecule has 154 valence electrons. The van der Waals surface area contributed by atoms with Crippen LogP contribution in [0.2, 0.25) is 6.04 Å². The van der Waals surface area contributed by atoms with Gasteiger partial charge in [-0.2, -0.15) is 0 Å². The predicted molar refractivity (Wildman–Crippen MR) is 134 cm³/mol. The molecule has 0 heterocycles. The molecule has 0 radical (unpaired) electrons. The summed E-state index contributed by atoms with van der Waals surface area (Å²) >= 11 is 11.0. The Morgan fingerprint density at radius 2 is 1.46 bits per heavy atom. The number of benzene rings is 2. The third-order valence-corrected chi connectivity index (χ3v) is 8.91. The summed E-state index contributed by atoms with van der Waals surface area (Å²) in [6.07, 6.45) is 7.12. The molecule has 2 nitrogen and oxygen atoms in total. The van der Waals surface area contributed by atoms with Crippen LogP contribution in [0.15, 0.2) is 48.5 Å². The molecule has 0 saturated heterocycles. The van der Waals surface area contributed by atoms with Crippen LogP contribution in [-0.4, -0.2) is 17.1 Å². The number of hydrogen-bond donors (Lipinski definition) is 0. The molecule has 0 saturated carbocycles. The minimum Gasteiger partial charge on any atom is -0.490 e. The first-order chi connectivity index (χ1) is 13.5. The van der Waals surface area contributed by atoms with Gasteiger partial charge < -0.3 is 9.47 Å². The molecule has 0 bridgehead atoms. The molecule has 28 heavy (non-hydrogen) atoms. The Morgan fingerprint density at radius 3 is 2.18 bits per heavy atom. The van der Waals surface area contributed by atoms with E-state index in [0.29, 0.717) is 6.61 Å². The zero-order valence-electron chi connectivity index (χ0n) is 16.4. The van der Waals surface area contributed by atoms with Crippen molar-refractivity contribution in [2.75, 3.05) is 13.2 Å². The van der Waals surface area contributed by atoms with Crippen molar-refractivity contribution >= 4 is 49.8 Å². The van der Waals surface area contributed by atoms with Gasteiger partial charge in [-0.25, -0.2) is 0 Å². The van der Waals surface area contributed by atoms with Crippen LogP contribution in [0.1, 0.15) is 45.4 Å². The molecule has 0 aliphatic carbocycles. The van der Waals surface area contributed by atoms with E-state index < -0.39 is 3.93 Å². The fraction of sp³-hybridized carbons (Fsp3) is 0.455. The number of unbranched alkanes of at least 4 members (excludes halogenated alkanes) is 4. The topological polar surface area (TPSA) is 18.5 Å². The largest absolute Gasteiger partial charge is 0.490 e. The highest BCUT2D eigenvalue weighted by molar-refractivity contribution is 9.72. The standard InChI is InChI=1S/C22H29Br3O2Si/c1-2-3-4-5-9-16-26-21-15-10-14-20(19-12-7-6-8-13-19)22(21)27-17-11-18-28(23,24)25/h6-8,10,12-15H,2-5,9,11,16-18H2,1H3. The quantitative estimate of drug-likeness (QED) is 0.132. The van der Waals surface area contributed by atoms with E-state index in [-0.39, 0.29) is 0 Å². The number of halogens is 3. The third-order valence-electron chi connectivity index (χ3n) is 4.42. The average molecular weight is 593 g/mol. The van der Waals surface area contributed by atoms with Gasteiger partial charge in [0.05, 0.1) is 13.2 Å². The average Bonchev–Trinajstić information content (AvgIpc) is 2.68. The van der Waals surface area contributed by atoms with Crippen LogP contribution >= 0.6 is 45.9 Å². The highest BCUT2D eigenvalue weighted by Gasteiger charge is 2.21. The van der Waals surface area contributed by atoms with Gasteiger partial charge in [0.2, 0.25) is 0 Å². The SMILES string of the molecule is CCCCCCCOc1cccc(-c2ccccc2)c1OCCC[Si](Br)(Br)Br. The van der Waals surface area contributed by atoms with Gasteiger partial charge in [0.25, 0.3) is 3.93 Å². The monoisotopic (exact) mass is 590 g/mol. The summed E-state index contributed by atoms with van der Waals surface area (Å²) in [6, 6.07) is 17.6. The van der Waals surface area contributed by atoms with Crippen molar-refractivity contribution < 1.29 is 9.47 Å². The molecule has 2 aromatic rings. The number of rotatable bonds is 13. The number of ether oxygens (including phenoxy) is 2. The van der Waals surface area contributed by atoms with Gasteiger partial charge in [0.1, 0.15) is 0 Å². The Hall–Kier alpha value is -0.303. The van der Waals surface area contributed by atoms with Crippen molar-refractivity contribution in [3.05, 3.63) is 48.5 Å². The molecule has 0 N–H and O–H groups in total. The van der Waals surface area contributed by atoms with Gasteiger partial charge in [0.15, 0.2) is 11.5 Å². The van der Waals surface area contributed by atoms with Gasteiger partial charge in [-0.15, -0.1) is 0 Å². The van der Waals surface area contributed by atoms with Gasteiger partial charge >= 0.3 is 0 Å². The molecule has 2 rings (SSSR count). The fourth-order valence-corrected chi connectivity index (χ4v) is 6.03. The van der Waals surface area contributed by atoms with Crippen LogP contribution in [0, 0.1) is 0 Å². The second-order valence-corrected chi connectivity index (χ2v) is 30.3. The maximum absolute atomic E-state index is 6.25. The van der Waals surface area contributed by atoms with E-state index in [1.54, 1.807) is 0 Å². The molecular weight excluding hydrogens is 564 g/mol. The van der Waals surface area contributed by atoms with Crippen molar-refractivity contribution in [2.45, 2.75) is 51.5 Å². The Balaban J connectivity index is 2.07. The molecule has 0 aliphatic rings. The van der Waals surface area contributed by atoms with E-state index >= 15 is 0 Å². The Labute approximate surface area is 194 Å². The van der Waals surface area contributed by atoms with E-state index in [2.05, 4.69) is 89.2 Å². The first-order valence-electron chi connectivity index (χ1n) is 10.0. The summed E-state index contributed by atoms with van der Waals surface area (Å²) in [5, 5.41) is 0. The molecule has 0 aliphatic heterocycles. The molecular formula is C22H29Br3O2Si. The summed E-state index contributed by atoms with van der Waals surface area (Å²) in [5.41, 5.74) is 2.24. The molecule has 0 unspecified atom stereocenters. The first-order valence-corrected chi connectivity index (χ1v) is 19.0. The zero-order chi connectivity index (χ0) is 20.2. The van der Waals surface area contributed by atoms with Crippen LogP contribution in [0.5, 0.6) is 11.5 Å². The van der Waals surface area contributed by atoms with Gasteiger partial charge in [-0.3, -0.25) is 0 Å². The summed E-state index contributed by atoms with van der Waals surface area (Å²) in [7, 11) is 0. The lowest BCUT2D eigenvalue weighted by Crippen LogP contribution is -2.09. The summed E-state index contributed by atoms with van der Waals surface area (Å²) in [5.74, 6) is 1.70. The second kappa shape index (κ2) is 13.1. The highest BCUT2D eigenvalue weighted by Crippen LogP contribution is 2.39. The van der Waals surface area contributed by atoms with E-state index in [1.807, 2.05) is 12.1 Å². The van der Waals surface area contributed by atoms with Crippen molar-refractivity contribution in [3.63, 3.8) is 0 Å². The van der Waals surface area contributed by atoms with Crippen molar-refractivity contribution in [1.82, 2.24) is 0 Å². The van der Waals surface area contributed by atoms with Gasteiger partial charge in [0, 0.05) is 5.56 Å². The van der Waals surface area contributed by atoms with Gasteiger partial charge in [-0.1, -0.05) is 121 Å². The molecule has 0 spiro atoms. The Kier molecular flexibility index (Phi) is 11.2. The zero-order valence-corrected chi connectivity index (χ0v) is 22.2. The van der Waals surface area contributed by atoms with Crippen LogP contribution < -0.4 is 9.47 Å². The van der Waals surface area contributed by atoms with Crippen LogP contribution in [0.25, 0.3) is 11.1 Å². The predicted octanol–water partition coefficient (Wildman–Crippen LogP) is 8.60.